The summed E-state index contributed by atoms with van der Waals surface area (Å²) >= 11 is 0. The average molecular weight is 405 g/mol. The van der Waals surface area contributed by atoms with Crippen LogP contribution in [0.3, 0.4) is 0 Å². The number of rotatable bonds is 5. The first-order valence-corrected chi connectivity index (χ1v) is 9.36. The largest absolute Gasteiger partial charge is 0.497 e. The number of amides is 1. The van der Waals surface area contributed by atoms with Gasteiger partial charge in [0.2, 0.25) is 6.79 Å². The maximum atomic E-state index is 13.4. The summed E-state index contributed by atoms with van der Waals surface area (Å²) < 4.78 is 21.8. The van der Waals surface area contributed by atoms with E-state index in [-0.39, 0.29) is 12.7 Å². The van der Waals surface area contributed by atoms with Crippen LogP contribution in [0.4, 0.5) is 11.4 Å². The molecule has 2 aliphatic heterocycles. The molecule has 0 spiro atoms. The van der Waals surface area contributed by atoms with Crippen molar-refractivity contribution in [3.05, 3.63) is 66.0 Å². The third-order valence-electron chi connectivity index (χ3n) is 5.13. The van der Waals surface area contributed by atoms with Crippen molar-refractivity contribution in [2.75, 3.05) is 31.2 Å². The standard InChI is InChI=1S/C22H19N3O5/c1-27-14-6-8-17(28-2)16(11-14)25-21(20-15(22(25)26)4-3-9-23-20)24-13-5-7-18-19(10-13)30-12-29-18/h3-11,21,24H,12H2,1-2H3. The topological polar surface area (TPSA) is 82.2 Å². The fourth-order valence-electron chi connectivity index (χ4n) is 3.70. The number of hydrogen-bond acceptors (Lipinski definition) is 7. The molecule has 1 amide bonds. The summed E-state index contributed by atoms with van der Waals surface area (Å²) in [6, 6.07) is 14.4. The lowest BCUT2D eigenvalue weighted by Gasteiger charge is -2.28. The molecule has 0 fully saturated rings. The van der Waals surface area contributed by atoms with Crippen molar-refractivity contribution >= 4 is 17.3 Å². The quantitative estimate of drug-likeness (QED) is 0.694. The zero-order valence-electron chi connectivity index (χ0n) is 16.4. The van der Waals surface area contributed by atoms with Gasteiger partial charge in [-0.25, -0.2) is 0 Å². The number of anilines is 2. The minimum absolute atomic E-state index is 0.178. The van der Waals surface area contributed by atoms with Crippen LogP contribution >= 0.6 is 0 Å². The molecule has 2 aliphatic rings. The molecule has 1 aromatic heterocycles. The average Bonchev–Trinajstić information content (AvgIpc) is 3.36. The number of hydrogen-bond donors (Lipinski definition) is 1. The van der Waals surface area contributed by atoms with Crippen LogP contribution in [-0.4, -0.2) is 31.9 Å². The smallest absolute Gasteiger partial charge is 0.262 e. The van der Waals surface area contributed by atoms with E-state index in [1.54, 1.807) is 55.6 Å². The Morgan fingerprint density at radius 1 is 1.07 bits per heavy atom. The fourth-order valence-corrected chi connectivity index (χ4v) is 3.70. The molecule has 1 N–H and O–H groups in total. The molecule has 0 aliphatic carbocycles. The van der Waals surface area contributed by atoms with Crippen LogP contribution in [0.25, 0.3) is 0 Å². The molecule has 1 atom stereocenters. The van der Waals surface area contributed by atoms with Crippen LogP contribution < -0.4 is 29.2 Å². The zero-order chi connectivity index (χ0) is 20.7. The molecular formula is C22H19N3O5. The predicted molar refractivity (Wildman–Crippen MR) is 110 cm³/mol. The van der Waals surface area contributed by atoms with Crippen LogP contribution in [-0.2, 0) is 0 Å². The van der Waals surface area contributed by atoms with Gasteiger partial charge in [0.1, 0.15) is 11.5 Å². The lowest BCUT2D eigenvalue weighted by atomic mass is 10.2. The van der Waals surface area contributed by atoms with Gasteiger partial charge in [0.15, 0.2) is 17.7 Å². The van der Waals surface area contributed by atoms with Gasteiger partial charge in [0, 0.05) is 24.0 Å². The van der Waals surface area contributed by atoms with Gasteiger partial charge in [-0.05, 0) is 36.4 Å². The van der Waals surface area contributed by atoms with E-state index in [2.05, 4.69) is 10.3 Å². The van der Waals surface area contributed by atoms with Gasteiger partial charge >= 0.3 is 0 Å². The van der Waals surface area contributed by atoms with Crippen molar-refractivity contribution in [1.29, 1.82) is 0 Å². The Hall–Kier alpha value is -3.94. The summed E-state index contributed by atoms with van der Waals surface area (Å²) in [6.07, 6.45) is 1.13. The summed E-state index contributed by atoms with van der Waals surface area (Å²) in [5.41, 5.74) is 2.51. The normalized spacial score (nSPS) is 16.4. The van der Waals surface area contributed by atoms with Gasteiger partial charge in [0.05, 0.1) is 31.2 Å². The fraction of sp³-hybridized carbons (Fsp3) is 0.182. The second-order valence-electron chi connectivity index (χ2n) is 6.76. The molecule has 1 unspecified atom stereocenters. The number of nitrogens with zero attached hydrogens (tertiary/aromatic N) is 2. The first-order chi connectivity index (χ1) is 14.7. The molecule has 0 saturated heterocycles. The number of carbonyl (C=O) groups is 1. The number of aromatic nitrogens is 1. The highest BCUT2D eigenvalue weighted by atomic mass is 16.7. The Morgan fingerprint density at radius 3 is 2.77 bits per heavy atom. The van der Waals surface area contributed by atoms with Gasteiger partial charge in [-0.2, -0.15) is 0 Å². The van der Waals surface area contributed by atoms with Gasteiger partial charge in [-0.15, -0.1) is 0 Å². The van der Waals surface area contributed by atoms with Crippen LogP contribution in [0.5, 0.6) is 23.0 Å². The molecular weight excluding hydrogens is 386 g/mol. The summed E-state index contributed by atoms with van der Waals surface area (Å²) in [4.78, 5) is 19.5. The number of benzene rings is 2. The molecule has 3 heterocycles. The maximum absolute atomic E-state index is 13.4. The number of pyridine rings is 1. The Kier molecular flexibility index (Phi) is 4.31. The molecule has 2 aromatic carbocycles. The van der Waals surface area contributed by atoms with Crippen LogP contribution in [0.15, 0.2) is 54.7 Å². The molecule has 152 valence electrons. The molecule has 30 heavy (non-hydrogen) atoms. The van der Waals surface area contributed by atoms with Crippen molar-refractivity contribution in [2.45, 2.75) is 6.17 Å². The molecule has 0 radical (unpaired) electrons. The third kappa shape index (κ3) is 2.85. The highest BCUT2D eigenvalue weighted by Crippen LogP contribution is 2.43. The minimum Gasteiger partial charge on any atom is -0.497 e. The third-order valence-corrected chi connectivity index (χ3v) is 5.13. The monoisotopic (exact) mass is 405 g/mol. The second kappa shape index (κ2) is 7.14. The van der Waals surface area contributed by atoms with Crippen LogP contribution in [0.2, 0.25) is 0 Å². The van der Waals surface area contributed by atoms with Gasteiger partial charge < -0.3 is 24.3 Å². The summed E-state index contributed by atoms with van der Waals surface area (Å²) in [5, 5.41) is 3.41. The Labute approximate surface area is 173 Å². The van der Waals surface area contributed by atoms with E-state index in [0.717, 1.165) is 5.69 Å². The van der Waals surface area contributed by atoms with Gasteiger partial charge in [-0.1, -0.05) is 0 Å². The Morgan fingerprint density at radius 2 is 1.93 bits per heavy atom. The molecule has 8 nitrogen and oxygen atoms in total. The van der Waals surface area contributed by atoms with Crippen molar-refractivity contribution in [3.63, 3.8) is 0 Å². The number of carbonyl (C=O) groups excluding carboxylic acids is 1. The first kappa shape index (κ1) is 18.1. The Balaban J connectivity index is 1.60. The molecule has 8 heteroatoms. The Bertz CT molecular complexity index is 1130. The lowest BCUT2D eigenvalue weighted by molar-refractivity contribution is 0.0992. The van der Waals surface area contributed by atoms with E-state index in [1.807, 2.05) is 18.2 Å². The summed E-state index contributed by atoms with van der Waals surface area (Å²) in [5.74, 6) is 2.32. The second-order valence-corrected chi connectivity index (χ2v) is 6.76. The molecule has 0 saturated carbocycles. The first-order valence-electron chi connectivity index (χ1n) is 9.36. The predicted octanol–water partition coefficient (Wildman–Crippen LogP) is 3.60. The van der Waals surface area contributed by atoms with Crippen molar-refractivity contribution < 1.29 is 23.7 Å². The van der Waals surface area contributed by atoms with Gasteiger partial charge in [-0.3, -0.25) is 14.7 Å². The lowest BCUT2D eigenvalue weighted by Crippen LogP contribution is -2.32. The van der Waals surface area contributed by atoms with E-state index in [9.17, 15) is 4.79 Å². The van der Waals surface area contributed by atoms with Crippen LogP contribution in [0.1, 0.15) is 22.2 Å². The van der Waals surface area contributed by atoms with E-state index < -0.39 is 6.17 Å². The number of ether oxygens (including phenoxy) is 4. The number of fused-ring (bicyclic) bond motifs is 2. The van der Waals surface area contributed by atoms with E-state index in [0.29, 0.717) is 39.9 Å². The van der Waals surface area contributed by atoms with Crippen LogP contribution in [0, 0.1) is 0 Å². The van der Waals surface area contributed by atoms with Gasteiger partial charge in [0.25, 0.3) is 5.91 Å². The van der Waals surface area contributed by atoms with E-state index in [1.165, 1.54) is 0 Å². The van der Waals surface area contributed by atoms with Crippen molar-refractivity contribution in [3.8, 4) is 23.0 Å². The molecule has 5 rings (SSSR count). The molecule has 3 aromatic rings. The highest BCUT2D eigenvalue weighted by molar-refractivity contribution is 6.11. The highest BCUT2D eigenvalue weighted by Gasteiger charge is 2.40. The minimum atomic E-state index is -0.546. The molecule has 0 bridgehead atoms. The van der Waals surface area contributed by atoms with E-state index in [4.69, 9.17) is 18.9 Å². The number of nitrogens with one attached hydrogen (secondary N) is 1. The summed E-state index contributed by atoms with van der Waals surface area (Å²) in [6.45, 7) is 0.193. The van der Waals surface area contributed by atoms with Crippen molar-refractivity contribution in [2.24, 2.45) is 0 Å². The zero-order valence-corrected chi connectivity index (χ0v) is 16.4. The van der Waals surface area contributed by atoms with Crippen molar-refractivity contribution in [1.82, 2.24) is 4.98 Å². The summed E-state index contributed by atoms with van der Waals surface area (Å²) in [7, 11) is 3.15. The number of methoxy groups -OCH3 is 2. The maximum Gasteiger partial charge on any atom is 0.262 e. The van der Waals surface area contributed by atoms with E-state index >= 15 is 0 Å². The SMILES string of the molecule is COc1ccc(OC)c(N2C(=O)c3cccnc3C2Nc2ccc3c(c2)OCO3)c1.